The Morgan fingerprint density at radius 2 is 2.33 bits per heavy atom. The molecule has 0 amide bonds. The van der Waals surface area contributed by atoms with Gasteiger partial charge in [-0.3, -0.25) is 0 Å². The molecule has 0 atom stereocenters. The Kier molecular flexibility index (Phi) is 2.87. The van der Waals surface area contributed by atoms with E-state index in [-0.39, 0.29) is 0 Å². The maximum Gasteiger partial charge on any atom is 0.208 e. The van der Waals surface area contributed by atoms with E-state index < -0.39 is 0 Å². The quantitative estimate of drug-likeness (QED) is 0.824. The van der Waals surface area contributed by atoms with Crippen LogP contribution in [-0.4, -0.2) is 9.55 Å². The number of hydrogen-bond acceptors (Lipinski definition) is 3. The van der Waals surface area contributed by atoms with Gasteiger partial charge in [0.1, 0.15) is 5.76 Å². The highest BCUT2D eigenvalue weighted by Crippen LogP contribution is 2.02. The van der Waals surface area contributed by atoms with E-state index in [0.717, 1.165) is 18.2 Å². The Hall–Kier alpha value is -1.55. The molecule has 4 nitrogen and oxygen atoms in total. The van der Waals surface area contributed by atoms with Crippen molar-refractivity contribution in [2.45, 2.75) is 20.0 Å². The van der Waals surface area contributed by atoms with Gasteiger partial charge in [-0.15, -0.1) is 0 Å². The van der Waals surface area contributed by atoms with Crippen molar-refractivity contribution in [1.82, 2.24) is 14.9 Å². The highest BCUT2D eigenvalue weighted by Gasteiger charge is 2.00. The maximum atomic E-state index is 5.35. The third kappa shape index (κ3) is 2.47. The first kappa shape index (κ1) is 9.98. The van der Waals surface area contributed by atoms with E-state index >= 15 is 0 Å². The van der Waals surface area contributed by atoms with Crippen LogP contribution in [0.5, 0.6) is 0 Å². The van der Waals surface area contributed by atoms with Gasteiger partial charge in [-0.05, 0) is 19.1 Å². The molecule has 2 heterocycles. The molecule has 0 bridgehead atoms. The molecule has 1 N–H and O–H groups in total. The highest BCUT2D eigenvalue weighted by atomic mass is 16.4. The minimum Gasteiger partial charge on any atom is -0.445 e. The summed E-state index contributed by atoms with van der Waals surface area (Å²) < 4.78 is 7.44. The summed E-state index contributed by atoms with van der Waals surface area (Å²) in [5.41, 5.74) is 1.25. The van der Waals surface area contributed by atoms with Gasteiger partial charge in [-0.2, -0.15) is 0 Å². The predicted molar refractivity (Wildman–Crippen MR) is 57.2 cm³/mol. The lowest BCUT2D eigenvalue weighted by molar-refractivity contribution is 0.447. The average Bonchev–Trinajstić information content (AvgIpc) is 2.77. The number of nitrogens with one attached hydrogen (secondary N) is 1. The summed E-state index contributed by atoms with van der Waals surface area (Å²) in [5.74, 6) is 1.59. The molecule has 0 aliphatic carbocycles. The van der Waals surface area contributed by atoms with E-state index in [1.54, 1.807) is 6.20 Å². The van der Waals surface area contributed by atoms with Crippen LogP contribution in [0.3, 0.4) is 0 Å². The lowest BCUT2D eigenvalue weighted by Crippen LogP contribution is -2.14. The molecule has 2 aromatic rings. The summed E-state index contributed by atoms with van der Waals surface area (Å²) in [6, 6.07) is 4.13. The molecule has 0 aliphatic heterocycles. The fraction of sp³-hybridized carbons (Fsp3) is 0.364. The number of hydrogen-bond donors (Lipinski definition) is 1. The van der Waals surface area contributed by atoms with Crippen LogP contribution in [0.2, 0.25) is 0 Å². The Morgan fingerprint density at radius 1 is 1.47 bits per heavy atom. The Morgan fingerprint density at radius 3 is 2.93 bits per heavy atom. The van der Waals surface area contributed by atoms with E-state index in [1.807, 2.05) is 26.2 Å². The second-order valence-electron chi connectivity index (χ2n) is 3.58. The van der Waals surface area contributed by atoms with Gasteiger partial charge in [0.25, 0.3) is 0 Å². The van der Waals surface area contributed by atoms with Gasteiger partial charge in [0, 0.05) is 25.5 Å². The largest absolute Gasteiger partial charge is 0.445 e. The number of aryl methyl sites for hydroxylation is 2. The normalized spacial score (nSPS) is 10.8. The fourth-order valence-corrected chi connectivity index (χ4v) is 1.46. The van der Waals surface area contributed by atoms with Crippen molar-refractivity contribution in [1.29, 1.82) is 0 Å². The number of nitrogens with zero attached hydrogens (tertiary/aromatic N) is 2. The Balaban J connectivity index is 1.83. The van der Waals surface area contributed by atoms with Crippen molar-refractivity contribution in [2.75, 3.05) is 0 Å². The summed E-state index contributed by atoms with van der Waals surface area (Å²) in [5, 5.41) is 3.28. The van der Waals surface area contributed by atoms with Crippen LogP contribution < -0.4 is 5.32 Å². The molecule has 15 heavy (non-hydrogen) atoms. The first-order valence-electron chi connectivity index (χ1n) is 4.98. The molecule has 0 radical (unpaired) electrons. The minimum atomic E-state index is 0.666. The molecule has 0 aliphatic rings. The second-order valence-corrected chi connectivity index (χ2v) is 3.58. The zero-order chi connectivity index (χ0) is 10.7. The van der Waals surface area contributed by atoms with Gasteiger partial charge in [0.2, 0.25) is 5.89 Å². The summed E-state index contributed by atoms with van der Waals surface area (Å²) >= 11 is 0. The summed E-state index contributed by atoms with van der Waals surface area (Å²) in [6.07, 6.45) is 3.77. The Labute approximate surface area is 88.9 Å². The zero-order valence-corrected chi connectivity index (χ0v) is 9.03. The minimum absolute atomic E-state index is 0.666. The topological polar surface area (TPSA) is 43.0 Å². The Bertz CT molecular complexity index is 430. The molecule has 0 saturated carbocycles. The number of oxazole rings is 1. The zero-order valence-electron chi connectivity index (χ0n) is 9.03. The van der Waals surface area contributed by atoms with E-state index in [9.17, 15) is 0 Å². The molecule has 2 rings (SSSR count). The SMILES string of the molecule is Cc1cnc(CNCc2cccn2C)o1. The summed E-state index contributed by atoms with van der Waals surface area (Å²) in [4.78, 5) is 4.12. The number of aromatic nitrogens is 2. The lowest BCUT2D eigenvalue weighted by atomic mass is 10.4. The van der Waals surface area contributed by atoms with Crippen LogP contribution in [0.1, 0.15) is 17.3 Å². The van der Waals surface area contributed by atoms with Crippen LogP contribution in [0.25, 0.3) is 0 Å². The van der Waals surface area contributed by atoms with Crippen LogP contribution >= 0.6 is 0 Å². The molecular formula is C11H15N3O. The van der Waals surface area contributed by atoms with Gasteiger partial charge in [-0.1, -0.05) is 0 Å². The molecule has 2 aromatic heterocycles. The van der Waals surface area contributed by atoms with Crippen molar-refractivity contribution in [3.63, 3.8) is 0 Å². The molecule has 4 heteroatoms. The van der Waals surface area contributed by atoms with Crippen molar-refractivity contribution in [2.24, 2.45) is 7.05 Å². The number of rotatable bonds is 4. The molecule has 80 valence electrons. The first-order chi connectivity index (χ1) is 7.25. The summed E-state index contributed by atoms with van der Waals surface area (Å²) in [7, 11) is 2.03. The van der Waals surface area contributed by atoms with Crippen LogP contribution in [0, 0.1) is 6.92 Å². The lowest BCUT2D eigenvalue weighted by Gasteiger charge is -2.03. The van der Waals surface area contributed by atoms with E-state index in [4.69, 9.17) is 4.42 Å². The molecule has 0 saturated heterocycles. The van der Waals surface area contributed by atoms with E-state index in [2.05, 4.69) is 20.9 Å². The maximum absolute atomic E-state index is 5.35. The van der Waals surface area contributed by atoms with Crippen LogP contribution in [0.4, 0.5) is 0 Å². The molecule has 0 unspecified atom stereocenters. The molecular weight excluding hydrogens is 190 g/mol. The first-order valence-corrected chi connectivity index (χ1v) is 4.98. The third-order valence-electron chi connectivity index (χ3n) is 2.30. The predicted octanol–water partition coefficient (Wildman–Crippen LogP) is 1.61. The van der Waals surface area contributed by atoms with Gasteiger partial charge in [0.15, 0.2) is 0 Å². The van der Waals surface area contributed by atoms with Crippen LogP contribution in [0.15, 0.2) is 28.9 Å². The van der Waals surface area contributed by atoms with Crippen molar-refractivity contribution in [3.8, 4) is 0 Å². The van der Waals surface area contributed by atoms with Crippen molar-refractivity contribution in [3.05, 3.63) is 41.9 Å². The highest BCUT2D eigenvalue weighted by molar-refractivity contribution is 5.06. The van der Waals surface area contributed by atoms with E-state index in [0.29, 0.717) is 6.54 Å². The van der Waals surface area contributed by atoms with E-state index in [1.165, 1.54) is 5.69 Å². The second kappa shape index (κ2) is 4.31. The third-order valence-corrected chi connectivity index (χ3v) is 2.30. The van der Waals surface area contributed by atoms with Crippen LogP contribution in [-0.2, 0) is 20.1 Å². The monoisotopic (exact) mass is 205 g/mol. The van der Waals surface area contributed by atoms with Gasteiger partial charge < -0.3 is 14.3 Å². The standard InChI is InChI=1S/C11H15N3O/c1-9-6-13-11(15-9)8-12-7-10-4-3-5-14(10)2/h3-6,12H,7-8H2,1-2H3. The van der Waals surface area contributed by atoms with Gasteiger partial charge in [0.05, 0.1) is 12.7 Å². The van der Waals surface area contributed by atoms with Gasteiger partial charge in [-0.25, -0.2) is 4.98 Å². The molecule has 0 fully saturated rings. The molecule has 0 spiro atoms. The van der Waals surface area contributed by atoms with Crippen molar-refractivity contribution < 1.29 is 4.42 Å². The van der Waals surface area contributed by atoms with Gasteiger partial charge >= 0.3 is 0 Å². The molecule has 0 aromatic carbocycles. The summed E-state index contributed by atoms with van der Waals surface area (Å²) in [6.45, 7) is 3.39. The smallest absolute Gasteiger partial charge is 0.208 e. The van der Waals surface area contributed by atoms with Crippen molar-refractivity contribution >= 4 is 0 Å². The fourth-order valence-electron chi connectivity index (χ4n) is 1.46. The average molecular weight is 205 g/mol.